The van der Waals surface area contributed by atoms with E-state index in [1.807, 2.05) is 42.1 Å². The molecule has 2 heterocycles. The number of carbonyl (C=O) groups is 2. The zero-order valence-corrected chi connectivity index (χ0v) is 19.0. The van der Waals surface area contributed by atoms with Crippen LogP contribution in [0, 0.1) is 0 Å². The average Bonchev–Trinajstić information content (AvgIpc) is 3.17. The molecule has 8 heteroatoms. The van der Waals surface area contributed by atoms with Gasteiger partial charge in [-0.15, -0.1) is 0 Å². The Kier molecular flexibility index (Phi) is 5.39. The molecule has 0 fully saturated rings. The predicted octanol–water partition coefficient (Wildman–Crippen LogP) is 5.75. The average molecular weight is 477 g/mol. The van der Waals surface area contributed by atoms with Crippen molar-refractivity contribution in [3.05, 3.63) is 101 Å². The van der Waals surface area contributed by atoms with Crippen LogP contribution in [-0.2, 0) is 18.0 Å². The van der Waals surface area contributed by atoms with Crippen LogP contribution >= 0.6 is 0 Å². The van der Waals surface area contributed by atoms with E-state index < -0.39 is 29.6 Å². The third-order valence-electron chi connectivity index (χ3n) is 6.57. The van der Waals surface area contributed by atoms with Crippen molar-refractivity contribution in [3.8, 4) is 0 Å². The van der Waals surface area contributed by atoms with Crippen LogP contribution in [0.5, 0.6) is 0 Å². The number of nitrogens with zero attached hydrogens (tertiary/aromatic N) is 2. The standard InChI is InChI=1S/C27H22F3N3O2/c1-32-15-21(18-10-5-6-13-22(18)32)24-23(19-11-3-4-12-20(19)26(35)33(24)2)25(34)31-17-9-7-8-16(14-17)27(28,29)30/h3-15,23-24H,1-2H3,(H,31,34)/t23-,24+/m0/s1. The second kappa shape index (κ2) is 8.30. The molecule has 1 aliphatic heterocycles. The zero-order valence-electron chi connectivity index (χ0n) is 19.0. The van der Waals surface area contributed by atoms with E-state index in [4.69, 9.17) is 0 Å². The Morgan fingerprint density at radius 3 is 2.40 bits per heavy atom. The molecule has 178 valence electrons. The largest absolute Gasteiger partial charge is 0.416 e. The molecule has 35 heavy (non-hydrogen) atoms. The quantitative estimate of drug-likeness (QED) is 0.409. The van der Waals surface area contributed by atoms with E-state index >= 15 is 0 Å². The summed E-state index contributed by atoms with van der Waals surface area (Å²) in [7, 11) is 3.54. The summed E-state index contributed by atoms with van der Waals surface area (Å²) in [6, 6.07) is 18.5. The maximum atomic E-state index is 13.7. The highest BCUT2D eigenvalue weighted by Crippen LogP contribution is 2.45. The highest BCUT2D eigenvalue weighted by molar-refractivity contribution is 6.05. The van der Waals surface area contributed by atoms with Crippen molar-refractivity contribution in [3.63, 3.8) is 0 Å². The summed E-state index contributed by atoms with van der Waals surface area (Å²) in [5.41, 5.74) is 1.86. The smallest absolute Gasteiger partial charge is 0.350 e. The molecule has 2 atom stereocenters. The molecule has 0 aliphatic carbocycles. The van der Waals surface area contributed by atoms with Gasteiger partial charge < -0.3 is 14.8 Å². The zero-order chi connectivity index (χ0) is 24.9. The summed E-state index contributed by atoms with van der Waals surface area (Å²) in [5.74, 6) is -1.55. The Balaban J connectivity index is 1.64. The molecule has 3 aromatic carbocycles. The number of benzene rings is 3. The lowest BCUT2D eigenvalue weighted by Crippen LogP contribution is -2.44. The fraction of sp³-hybridized carbons (Fsp3) is 0.185. The Morgan fingerprint density at radius 2 is 1.63 bits per heavy atom. The molecule has 5 nitrogen and oxygen atoms in total. The van der Waals surface area contributed by atoms with Gasteiger partial charge in [0.15, 0.2) is 0 Å². The number of halogens is 3. The van der Waals surface area contributed by atoms with E-state index in [1.165, 1.54) is 12.1 Å². The van der Waals surface area contributed by atoms with Crippen molar-refractivity contribution in [1.82, 2.24) is 9.47 Å². The van der Waals surface area contributed by atoms with Crippen LogP contribution in [0.3, 0.4) is 0 Å². The minimum atomic E-state index is -4.53. The molecule has 0 bridgehead atoms. The number of rotatable bonds is 3. The van der Waals surface area contributed by atoms with Gasteiger partial charge in [-0.1, -0.05) is 42.5 Å². The van der Waals surface area contributed by atoms with Gasteiger partial charge in [0.05, 0.1) is 17.5 Å². The number of para-hydroxylation sites is 1. The fourth-order valence-corrected chi connectivity index (χ4v) is 4.95. The molecule has 0 spiro atoms. The summed E-state index contributed by atoms with van der Waals surface area (Å²) < 4.78 is 41.6. The van der Waals surface area contributed by atoms with E-state index in [-0.39, 0.29) is 11.6 Å². The first kappa shape index (κ1) is 22.7. The minimum Gasteiger partial charge on any atom is -0.350 e. The van der Waals surface area contributed by atoms with Crippen molar-refractivity contribution in [2.24, 2.45) is 7.05 Å². The number of nitrogens with one attached hydrogen (secondary N) is 1. The monoisotopic (exact) mass is 477 g/mol. The SMILES string of the molecule is CN1C(=O)c2ccccc2[C@H](C(=O)Nc2cccc(C(F)(F)F)c2)[C@H]1c1cn(C)c2ccccc12. The van der Waals surface area contributed by atoms with Gasteiger partial charge in [0.25, 0.3) is 5.91 Å². The summed E-state index contributed by atoms with van der Waals surface area (Å²) in [4.78, 5) is 28.6. The van der Waals surface area contributed by atoms with Crippen molar-refractivity contribution in [1.29, 1.82) is 0 Å². The molecule has 0 radical (unpaired) electrons. The normalized spacial score (nSPS) is 18.0. The number of aromatic nitrogens is 1. The predicted molar refractivity (Wildman–Crippen MR) is 127 cm³/mol. The molecule has 5 rings (SSSR count). The van der Waals surface area contributed by atoms with Crippen LogP contribution in [0.4, 0.5) is 18.9 Å². The lowest BCUT2D eigenvalue weighted by Gasteiger charge is -2.39. The number of alkyl halides is 3. The number of carbonyl (C=O) groups excluding carboxylic acids is 2. The van der Waals surface area contributed by atoms with Crippen molar-refractivity contribution in [2.45, 2.75) is 18.1 Å². The lowest BCUT2D eigenvalue weighted by atomic mass is 9.79. The van der Waals surface area contributed by atoms with Crippen molar-refractivity contribution >= 4 is 28.4 Å². The first-order chi connectivity index (χ1) is 16.7. The third-order valence-corrected chi connectivity index (χ3v) is 6.57. The molecular weight excluding hydrogens is 455 g/mol. The van der Waals surface area contributed by atoms with Gasteiger partial charge >= 0.3 is 6.18 Å². The van der Waals surface area contributed by atoms with Crippen LogP contribution in [-0.4, -0.2) is 28.3 Å². The van der Waals surface area contributed by atoms with E-state index in [0.717, 1.165) is 28.6 Å². The molecular formula is C27H22F3N3O2. The molecule has 0 saturated carbocycles. The first-order valence-electron chi connectivity index (χ1n) is 11.0. The molecule has 1 aromatic heterocycles. The van der Waals surface area contributed by atoms with Gasteiger partial charge in [-0.3, -0.25) is 9.59 Å². The Morgan fingerprint density at radius 1 is 0.914 bits per heavy atom. The molecule has 0 unspecified atom stereocenters. The second-order valence-corrected chi connectivity index (χ2v) is 8.71. The Hall–Kier alpha value is -4.07. The number of likely N-dealkylation sites (N-methyl/N-ethyl adjacent to an activating group) is 1. The number of hydrogen-bond acceptors (Lipinski definition) is 2. The van der Waals surface area contributed by atoms with Gasteiger partial charge in [0, 0.05) is 48.0 Å². The van der Waals surface area contributed by atoms with Gasteiger partial charge in [0.2, 0.25) is 5.91 Å². The molecule has 0 saturated heterocycles. The number of aryl methyl sites for hydroxylation is 1. The molecule has 1 aliphatic rings. The first-order valence-corrected chi connectivity index (χ1v) is 11.0. The van der Waals surface area contributed by atoms with Gasteiger partial charge in [-0.05, 0) is 35.9 Å². The van der Waals surface area contributed by atoms with Crippen LogP contribution in [0.15, 0.2) is 79.0 Å². The van der Waals surface area contributed by atoms with Gasteiger partial charge in [-0.25, -0.2) is 0 Å². The number of amides is 2. The lowest BCUT2D eigenvalue weighted by molar-refractivity contribution is -0.137. The summed E-state index contributed by atoms with van der Waals surface area (Å²) >= 11 is 0. The third kappa shape index (κ3) is 3.84. The number of fused-ring (bicyclic) bond motifs is 2. The highest BCUT2D eigenvalue weighted by Gasteiger charge is 2.43. The summed E-state index contributed by atoms with van der Waals surface area (Å²) in [6.45, 7) is 0. The van der Waals surface area contributed by atoms with E-state index in [0.29, 0.717) is 11.1 Å². The molecule has 2 amide bonds. The van der Waals surface area contributed by atoms with Gasteiger partial charge in [-0.2, -0.15) is 13.2 Å². The number of anilines is 1. The fourth-order valence-electron chi connectivity index (χ4n) is 4.95. The molecule has 1 N–H and O–H groups in total. The topological polar surface area (TPSA) is 54.3 Å². The highest BCUT2D eigenvalue weighted by atomic mass is 19.4. The summed E-state index contributed by atoms with van der Waals surface area (Å²) in [5, 5.41) is 3.57. The van der Waals surface area contributed by atoms with E-state index in [9.17, 15) is 22.8 Å². The molecule has 4 aromatic rings. The van der Waals surface area contributed by atoms with Gasteiger partial charge in [0.1, 0.15) is 0 Å². The van der Waals surface area contributed by atoms with Crippen LogP contribution in [0.25, 0.3) is 10.9 Å². The Bertz CT molecular complexity index is 1460. The maximum absolute atomic E-state index is 13.7. The van der Waals surface area contributed by atoms with E-state index in [2.05, 4.69) is 5.32 Å². The van der Waals surface area contributed by atoms with Crippen LogP contribution < -0.4 is 5.32 Å². The van der Waals surface area contributed by atoms with Crippen molar-refractivity contribution < 1.29 is 22.8 Å². The summed E-state index contributed by atoms with van der Waals surface area (Å²) in [6.07, 6.45) is -2.63. The van der Waals surface area contributed by atoms with Crippen molar-refractivity contribution in [2.75, 3.05) is 12.4 Å². The minimum absolute atomic E-state index is 0.0403. The number of hydrogen-bond donors (Lipinski definition) is 1. The Labute approximate surface area is 199 Å². The maximum Gasteiger partial charge on any atom is 0.416 e. The second-order valence-electron chi connectivity index (χ2n) is 8.71. The van der Waals surface area contributed by atoms with Crippen LogP contribution in [0.2, 0.25) is 0 Å². The van der Waals surface area contributed by atoms with Crippen LogP contribution in [0.1, 0.15) is 39.0 Å². The van der Waals surface area contributed by atoms with E-state index in [1.54, 1.807) is 36.2 Å².